The molecule has 0 saturated heterocycles. The molecule has 3 amide bonds. The molecule has 0 aliphatic carbocycles. The van der Waals surface area contributed by atoms with Gasteiger partial charge in [-0.2, -0.15) is 12.6 Å². The van der Waals surface area contributed by atoms with Crippen LogP contribution in [0.4, 0.5) is 9.59 Å². The second-order valence-electron chi connectivity index (χ2n) is 10.2. The van der Waals surface area contributed by atoms with Crippen LogP contribution in [0, 0.1) is 0 Å². The highest BCUT2D eigenvalue weighted by Crippen LogP contribution is 2.30. The number of hydrogen-bond acceptors (Lipinski definition) is 15. The lowest BCUT2D eigenvalue weighted by atomic mass is 10.3. The number of aromatic nitrogens is 2. The van der Waals surface area contributed by atoms with Crippen molar-refractivity contribution in [3.05, 3.63) is 48.8 Å². The number of nitrogens with one attached hydrogen (secondary N) is 3. The van der Waals surface area contributed by atoms with E-state index in [4.69, 9.17) is 23.7 Å². The molecule has 2 rings (SSSR count). The number of carbonyl (C=O) groups excluding carboxylic acids is 3. The van der Waals surface area contributed by atoms with Crippen LogP contribution in [0.3, 0.4) is 0 Å². The molecule has 2 aromatic heterocycles. The van der Waals surface area contributed by atoms with Crippen LogP contribution in [0.2, 0.25) is 0 Å². The lowest BCUT2D eigenvalue weighted by molar-refractivity contribution is -0.121. The van der Waals surface area contributed by atoms with Gasteiger partial charge >= 0.3 is 12.2 Å². The Balaban J connectivity index is 0.000000522. The zero-order valence-corrected chi connectivity index (χ0v) is 33.6. The third kappa shape index (κ3) is 30.1. The van der Waals surface area contributed by atoms with Crippen molar-refractivity contribution in [2.45, 2.75) is 54.7 Å². The third-order valence-electron chi connectivity index (χ3n) is 6.01. The van der Waals surface area contributed by atoms with Gasteiger partial charge in [-0.25, -0.2) is 19.6 Å². The van der Waals surface area contributed by atoms with Crippen molar-refractivity contribution in [3.8, 4) is 0 Å². The van der Waals surface area contributed by atoms with Gasteiger partial charge in [0.2, 0.25) is 5.91 Å². The van der Waals surface area contributed by atoms with E-state index >= 15 is 0 Å². The summed E-state index contributed by atoms with van der Waals surface area (Å²) in [5.41, 5.74) is 0. The van der Waals surface area contributed by atoms with Crippen molar-refractivity contribution in [3.63, 3.8) is 0 Å². The van der Waals surface area contributed by atoms with Crippen LogP contribution < -0.4 is 16.0 Å². The summed E-state index contributed by atoms with van der Waals surface area (Å²) in [6.45, 7) is 3.68. The SMILES string of the molecule is CNC(=O)OCC(COC(=O)NC)OCCCC(=O)NCCS.c1ccc(SSCCCCOCCOCCCCSSc2ccccn2)nc1. The monoisotopic (exact) mass is 807 g/mol. The number of rotatable bonds is 28. The number of thiol groups is 1. The number of alkyl carbamates (subject to hydrolysis) is 2. The maximum absolute atomic E-state index is 11.4. The summed E-state index contributed by atoms with van der Waals surface area (Å²) < 4.78 is 26.5. The zero-order valence-electron chi connectivity index (χ0n) is 29.5. The molecule has 18 heteroatoms. The van der Waals surface area contributed by atoms with Crippen molar-refractivity contribution in [1.29, 1.82) is 0 Å². The summed E-state index contributed by atoms with van der Waals surface area (Å²) >= 11 is 3.99. The highest BCUT2D eigenvalue weighted by Gasteiger charge is 2.15. The Morgan fingerprint density at radius 2 is 1.25 bits per heavy atom. The number of carbonyl (C=O) groups is 3. The van der Waals surface area contributed by atoms with Crippen molar-refractivity contribution in [2.75, 3.05) is 84.1 Å². The summed E-state index contributed by atoms with van der Waals surface area (Å²) in [4.78, 5) is 42.1. The van der Waals surface area contributed by atoms with E-state index in [1.54, 1.807) is 21.6 Å². The maximum atomic E-state index is 11.4. The van der Waals surface area contributed by atoms with Crippen LogP contribution in [0.15, 0.2) is 58.8 Å². The third-order valence-corrected chi connectivity index (χ3v) is 10.9. The van der Waals surface area contributed by atoms with Crippen LogP contribution in [0.1, 0.15) is 38.5 Å². The van der Waals surface area contributed by atoms with E-state index in [2.05, 4.69) is 38.5 Å². The van der Waals surface area contributed by atoms with Gasteiger partial charge in [-0.3, -0.25) is 4.79 Å². The van der Waals surface area contributed by atoms with E-state index in [0.717, 1.165) is 47.6 Å². The molecule has 2 aromatic rings. The van der Waals surface area contributed by atoms with Crippen molar-refractivity contribution >= 4 is 73.9 Å². The standard InChI is InChI=1S/C20H28N2O2S4.C13H25N3O6S/c1-3-11-21-19(9-1)27-25-17-7-5-13-23-15-16-24-14-6-8-18-26-28-20-10-2-4-12-22-20;1-14-12(18)21-8-10(9-22-13(19)15-2)20-6-3-4-11(17)16-5-7-23/h1-4,9-12H,5-8,13-18H2;10,23H,3-9H2,1-2H3,(H,14,18)(H,15,19)(H,16,17). The lowest BCUT2D eigenvalue weighted by Crippen LogP contribution is -2.33. The van der Waals surface area contributed by atoms with Crippen LogP contribution >= 0.6 is 55.8 Å². The molecule has 288 valence electrons. The van der Waals surface area contributed by atoms with Gasteiger partial charge in [0.15, 0.2) is 0 Å². The average Bonchev–Trinajstić information content (AvgIpc) is 3.16. The van der Waals surface area contributed by atoms with Gasteiger partial charge in [0.1, 0.15) is 29.4 Å². The Morgan fingerprint density at radius 1 is 0.725 bits per heavy atom. The fourth-order valence-electron chi connectivity index (χ4n) is 3.44. The van der Waals surface area contributed by atoms with Gasteiger partial charge in [-0.15, -0.1) is 0 Å². The van der Waals surface area contributed by atoms with E-state index < -0.39 is 18.3 Å². The van der Waals surface area contributed by atoms with Crippen LogP contribution in [0.25, 0.3) is 0 Å². The fraction of sp³-hybridized carbons (Fsp3) is 0.606. The second kappa shape index (κ2) is 35.0. The highest BCUT2D eigenvalue weighted by molar-refractivity contribution is 8.77. The molecular weight excluding hydrogens is 755 g/mol. The van der Waals surface area contributed by atoms with E-state index in [1.165, 1.54) is 26.9 Å². The quantitative estimate of drug-likeness (QED) is 0.0440. The Bertz CT molecular complexity index is 1060. The Kier molecular flexibility index (Phi) is 32.2. The lowest BCUT2D eigenvalue weighted by Gasteiger charge is -2.17. The van der Waals surface area contributed by atoms with Crippen LogP contribution in [-0.2, 0) is 28.5 Å². The van der Waals surface area contributed by atoms with Gasteiger partial charge in [-0.1, -0.05) is 33.7 Å². The molecule has 0 unspecified atom stereocenters. The summed E-state index contributed by atoms with van der Waals surface area (Å²) in [6, 6.07) is 12.0. The molecule has 0 aromatic carbocycles. The number of hydrogen-bond donors (Lipinski definition) is 4. The number of ether oxygens (including phenoxy) is 5. The van der Waals surface area contributed by atoms with Crippen LogP contribution in [0.5, 0.6) is 0 Å². The normalized spacial score (nSPS) is 10.6. The first kappa shape index (κ1) is 47.0. The number of amides is 3. The van der Waals surface area contributed by atoms with Gasteiger partial charge < -0.3 is 39.6 Å². The van der Waals surface area contributed by atoms with Gasteiger partial charge in [-0.05, 0) is 78.0 Å². The Morgan fingerprint density at radius 3 is 1.71 bits per heavy atom. The zero-order chi connectivity index (χ0) is 37.0. The molecule has 51 heavy (non-hydrogen) atoms. The first-order valence-corrected chi connectivity index (χ1v) is 22.0. The van der Waals surface area contributed by atoms with E-state index in [-0.39, 0.29) is 25.7 Å². The molecule has 3 N–H and O–H groups in total. The molecule has 13 nitrogen and oxygen atoms in total. The van der Waals surface area contributed by atoms with E-state index in [0.29, 0.717) is 38.4 Å². The topological polar surface area (TPSA) is 159 Å². The molecule has 0 aliphatic rings. The molecule has 0 aliphatic heterocycles. The molecule has 0 radical (unpaired) electrons. The first-order chi connectivity index (χ1) is 25.0. The second-order valence-corrected chi connectivity index (χ2v) is 15.5. The van der Waals surface area contributed by atoms with Gasteiger partial charge in [0.25, 0.3) is 0 Å². The predicted octanol–water partition coefficient (Wildman–Crippen LogP) is 6.16. The van der Waals surface area contributed by atoms with E-state index in [9.17, 15) is 14.4 Å². The molecule has 0 fully saturated rings. The summed E-state index contributed by atoms with van der Waals surface area (Å²) in [5, 5.41) is 9.44. The molecule has 0 spiro atoms. The smallest absolute Gasteiger partial charge is 0.406 e. The minimum atomic E-state index is -0.607. The Labute approximate surface area is 323 Å². The van der Waals surface area contributed by atoms with Crippen molar-refractivity contribution in [2.24, 2.45) is 0 Å². The minimum Gasteiger partial charge on any atom is -0.447 e. The van der Waals surface area contributed by atoms with E-state index in [1.807, 2.05) is 70.4 Å². The molecule has 0 saturated carbocycles. The fourth-order valence-corrected chi connectivity index (χ4v) is 7.60. The highest BCUT2D eigenvalue weighted by atomic mass is 33.1. The average molecular weight is 808 g/mol. The number of pyridine rings is 2. The van der Waals surface area contributed by atoms with Crippen molar-refractivity contribution < 1.29 is 38.1 Å². The Hall–Kier alpha value is -2.06. The molecule has 0 atom stereocenters. The van der Waals surface area contributed by atoms with Gasteiger partial charge in [0.05, 0.1) is 13.2 Å². The van der Waals surface area contributed by atoms with Crippen LogP contribution in [-0.4, -0.2) is 118 Å². The molecular formula is C33H53N5O8S5. The maximum Gasteiger partial charge on any atom is 0.406 e. The predicted molar refractivity (Wildman–Crippen MR) is 212 cm³/mol. The van der Waals surface area contributed by atoms with Crippen molar-refractivity contribution in [1.82, 2.24) is 25.9 Å². The van der Waals surface area contributed by atoms with Gasteiger partial charge in [0, 0.05) is 76.5 Å². The number of nitrogens with zero attached hydrogens (tertiary/aromatic N) is 2. The first-order valence-electron chi connectivity index (χ1n) is 16.7. The summed E-state index contributed by atoms with van der Waals surface area (Å²) in [6.07, 6.45) is 7.18. The summed E-state index contributed by atoms with van der Waals surface area (Å²) in [5.74, 6) is 2.75. The minimum absolute atomic E-state index is 0.0669. The largest absolute Gasteiger partial charge is 0.447 e. The molecule has 2 heterocycles. The summed E-state index contributed by atoms with van der Waals surface area (Å²) in [7, 11) is 10.1. The number of unbranched alkanes of at least 4 members (excludes halogenated alkanes) is 2. The molecule has 0 bridgehead atoms.